The van der Waals surface area contributed by atoms with Crippen molar-refractivity contribution in [1.29, 1.82) is 0 Å². The SMILES string of the molecule is Cc1nc2cc(-n3ncc(C(=O)c4cc5ccc(CN6C(C)CCC6C)cc5[nH]4)c3N)ccc2[nH]1. The molecule has 6 rings (SSSR count). The second-order valence-corrected chi connectivity index (χ2v) is 9.76. The van der Waals surface area contributed by atoms with Gasteiger partial charge in [-0.1, -0.05) is 12.1 Å². The number of nitrogens with one attached hydrogen (secondary N) is 2. The predicted octanol–water partition coefficient (Wildman–Crippen LogP) is 4.72. The number of H-pyrrole nitrogens is 2. The third-order valence-electron chi connectivity index (χ3n) is 7.31. The highest BCUT2D eigenvalue weighted by atomic mass is 16.1. The Kier molecular flexibility index (Phi) is 5.00. The zero-order valence-electron chi connectivity index (χ0n) is 20.2. The van der Waals surface area contributed by atoms with Gasteiger partial charge in [-0.05, 0) is 69.5 Å². The van der Waals surface area contributed by atoms with Crippen LogP contribution in [0.2, 0.25) is 0 Å². The van der Waals surface area contributed by atoms with Crippen molar-refractivity contribution in [3.63, 3.8) is 0 Å². The van der Waals surface area contributed by atoms with E-state index < -0.39 is 0 Å². The molecule has 2 atom stereocenters. The quantitative estimate of drug-likeness (QED) is 0.324. The molecule has 2 unspecified atom stereocenters. The molecular weight excluding hydrogens is 438 g/mol. The van der Waals surface area contributed by atoms with E-state index in [2.05, 4.69) is 57.0 Å². The van der Waals surface area contributed by atoms with Gasteiger partial charge in [0.05, 0.1) is 34.2 Å². The lowest BCUT2D eigenvalue weighted by Crippen LogP contribution is -2.31. The first-order chi connectivity index (χ1) is 16.9. The van der Waals surface area contributed by atoms with E-state index in [1.807, 2.05) is 31.2 Å². The minimum absolute atomic E-state index is 0.176. The van der Waals surface area contributed by atoms with Gasteiger partial charge in [-0.25, -0.2) is 9.67 Å². The fourth-order valence-electron chi connectivity index (χ4n) is 5.30. The summed E-state index contributed by atoms with van der Waals surface area (Å²) in [7, 11) is 0. The maximum absolute atomic E-state index is 13.4. The number of fused-ring (bicyclic) bond motifs is 2. The number of nitrogens with zero attached hydrogens (tertiary/aromatic N) is 4. The molecule has 35 heavy (non-hydrogen) atoms. The van der Waals surface area contributed by atoms with Gasteiger partial charge in [0.1, 0.15) is 11.6 Å². The van der Waals surface area contributed by atoms with E-state index in [1.54, 1.807) is 4.68 Å². The van der Waals surface area contributed by atoms with Crippen molar-refractivity contribution in [2.75, 3.05) is 5.73 Å². The second-order valence-electron chi connectivity index (χ2n) is 9.76. The Labute approximate surface area is 203 Å². The van der Waals surface area contributed by atoms with Crippen molar-refractivity contribution in [3.05, 3.63) is 71.3 Å². The number of aryl methyl sites for hydroxylation is 1. The molecule has 0 saturated carbocycles. The van der Waals surface area contributed by atoms with E-state index in [9.17, 15) is 4.79 Å². The summed E-state index contributed by atoms with van der Waals surface area (Å²) in [6.45, 7) is 7.42. The zero-order valence-corrected chi connectivity index (χ0v) is 20.2. The van der Waals surface area contributed by atoms with Crippen LogP contribution in [0.3, 0.4) is 0 Å². The average Bonchev–Trinajstić information content (AvgIpc) is 3.60. The van der Waals surface area contributed by atoms with Gasteiger partial charge in [0.15, 0.2) is 0 Å². The monoisotopic (exact) mass is 467 g/mol. The van der Waals surface area contributed by atoms with Gasteiger partial charge >= 0.3 is 0 Å². The Morgan fingerprint density at radius 2 is 1.86 bits per heavy atom. The number of aromatic nitrogens is 5. The highest BCUT2D eigenvalue weighted by molar-refractivity contribution is 6.12. The van der Waals surface area contributed by atoms with E-state index in [1.165, 1.54) is 24.6 Å². The van der Waals surface area contributed by atoms with Gasteiger partial charge in [-0.15, -0.1) is 0 Å². The molecule has 2 aromatic carbocycles. The number of ketones is 1. The van der Waals surface area contributed by atoms with Crippen LogP contribution in [0.1, 0.15) is 54.1 Å². The molecular formula is C27H29N7O. The van der Waals surface area contributed by atoms with Gasteiger partial charge in [0.25, 0.3) is 0 Å². The van der Waals surface area contributed by atoms with Gasteiger partial charge < -0.3 is 15.7 Å². The molecule has 1 fully saturated rings. The molecule has 0 spiro atoms. The summed E-state index contributed by atoms with van der Waals surface area (Å²) in [5.74, 6) is 0.968. The predicted molar refractivity (Wildman–Crippen MR) is 138 cm³/mol. The summed E-state index contributed by atoms with van der Waals surface area (Å²) in [4.78, 5) is 26.9. The summed E-state index contributed by atoms with van der Waals surface area (Å²) >= 11 is 0. The fraction of sp³-hybridized carbons (Fsp3) is 0.296. The van der Waals surface area contributed by atoms with Crippen LogP contribution in [0.25, 0.3) is 27.6 Å². The number of hydrogen-bond donors (Lipinski definition) is 3. The number of likely N-dealkylation sites (tertiary alicyclic amines) is 1. The lowest BCUT2D eigenvalue weighted by Gasteiger charge is -2.25. The van der Waals surface area contributed by atoms with Crippen LogP contribution in [0.5, 0.6) is 0 Å². The van der Waals surface area contributed by atoms with Crippen LogP contribution in [0, 0.1) is 6.92 Å². The summed E-state index contributed by atoms with van der Waals surface area (Å²) in [6, 6.07) is 15.2. The van der Waals surface area contributed by atoms with E-state index in [0.29, 0.717) is 29.2 Å². The Bertz CT molecular complexity index is 1560. The lowest BCUT2D eigenvalue weighted by atomic mass is 10.1. The number of carbonyl (C=O) groups is 1. The van der Waals surface area contributed by atoms with Crippen molar-refractivity contribution in [3.8, 4) is 5.69 Å². The molecule has 0 bridgehead atoms. The number of anilines is 1. The second kappa shape index (κ2) is 8.09. The molecule has 4 heterocycles. The fourth-order valence-corrected chi connectivity index (χ4v) is 5.30. The number of benzene rings is 2. The molecule has 0 aliphatic carbocycles. The maximum Gasteiger partial charge on any atom is 0.214 e. The summed E-state index contributed by atoms with van der Waals surface area (Å²) < 4.78 is 1.58. The minimum Gasteiger partial charge on any atom is -0.383 e. The van der Waals surface area contributed by atoms with Gasteiger partial charge in [-0.3, -0.25) is 9.69 Å². The molecule has 1 aliphatic heterocycles. The first-order valence-corrected chi connectivity index (χ1v) is 12.1. The number of nitrogens with two attached hydrogens (primary N) is 1. The third-order valence-corrected chi connectivity index (χ3v) is 7.31. The molecule has 8 nitrogen and oxygen atoms in total. The van der Waals surface area contributed by atoms with Crippen LogP contribution in [0.4, 0.5) is 5.82 Å². The Balaban J connectivity index is 1.28. The van der Waals surface area contributed by atoms with Crippen molar-refractivity contribution < 1.29 is 4.79 Å². The Hall–Kier alpha value is -3.91. The molecule has 1 aliphatic rings. The first kappa shape index (κ1) is 21.6. The molecule has 0 amide bonds. The van der Waals surface area contributed by atoms with Crippen LogP contribution in [-0.2, 0) is 6.54 Å². The number of imidazole rings is 1. The standard InChI is InChI=1S/C27H29N7O/c1-15-4-5-16(2)33(15)14-18-6-7-19-11-25(32-23(19)10-18)26(35)21-13-29-34(27(21)28)20-8-9-22-24(12-20)31-17(3)30-22/h6-13,15-16,32H,4-5,14,28H2,1-3H3,(H,30,31). The number of rotatable bonds is 5. The van der Waals surface area contributed by atoms with Gasteiger partial charge in [-0.2, -0.15) is 5.10 Å². The Morgan fingerprint density at radius 3 is 2.66 bits per heavy atom. The lowest BCUT2D eigenvalue weighted by molar-refractivity contribution is 0.103. The number of carbonyl (C=O) groups excluding carboxylic acids is 1. The number of hydrogen-bond acceptors (Lipinski definition) is 5. The van der Waals surface area contributed by atoms with E-state index in [4.69, 9.17) is 5.73 Å². The highest BCUT2D eigenvalue weighted by Crippen LogP contribution is 2.28. The molecule has 178 valence electrons. The maximum atomic E-state index is 13.4. The number of nitrogen functional groups attached to an aromatic ring is 1. The van der Waals surface area contributed by atoms with Crippen molar-refractivity contribution in [2.45, 2.75) is 52.2 Å². The molecule has 5 aromatic rings. The van der Waals surface area contributed by atoms with Crippen molar-refractivity contribution in [2.24, 2.45) is 0 Å². The van der Waals surface area contributed by atoms with E-state index in [0.717, 1.165) is 40.0 Å². The molecule has 8 heteroatoms. The highest BCUT2D eigenvalue weighted by Gasteiger charge is 2.27. The van der Waals surface area contributed by atoms with Crippen LogP contribution in [0.15, 0.2) is 48.7 Å². The zero-order chi connectivity index (χ0) is 24.3. The van der Waals surface area contributed by atoms with Gasteiger partial charge in [0.2, 0.25) is 5.78 Å². The normalized spacial score (nSPS) is 18.7. The van der Waals surface area contributed by atoms with Gasteiger partial charge in [0, 0.05) is 29.5 Å². The van der Waals surface area contributed by atoms with E-state index >= 15 is 0 Å². The number of aromatic amines is 2. The molecule has 4 N–H and O–H groups in total. The molecule has 0 radical (unpaired) electrons. The third kappa shape index (κ3) is 3.70. The molecule has 1 saturated heterocycles. The topological polar surface area (TPSA) is 109 Å². The first-order valence-electron chi connectivity index (χ1n) is 12.1. The molecule has 3 aromatic heterocycles. The Morgan fingerprint density at radius 1 is 1.06 bits per heavy atom. The summed E-state index contributed by atoms with van der Waals surface area (Å²) in [5.41, 5.74) is 12.0. The van der Waals surface area contributed by atoms with Crippen LogP contribution in [-0.4, -0.2) is 47.5 Å². The summed E-state index contributed by atoms with van der Waals surface area (Å²) in [5, 5.41) is 5.40. The smallest absolute Gasteiger partial charge is 0.214 e. The van der Waals surface area contributed by atoms with Crippen molar-refractivity contribution in [1.82, 2.24) is 29.6 Å². The summed E-state index contributed by atoms with van der Waals surface area (Å²) in [6.07, 6.45) is 4.02. The average molecular weight is 468 g/mol. The minimum atomic E-state index is -0.176. The largest absolute Gasteiger partial charge is 0.383 e. The van der Waals surface area contributed by atoms with Crippen LogP contribution >= 0.6 is 0 Å². The van der Waals surface area contributed by atoms with Crippen LogP contribution < -0.4 is 5.73 Å². The van der Waals surface area contributed by atoms with E-state index in [-0.39, 0.29) is 5.78 Å². The van der Waals surface area contributed by atoms with Crippen molar-refractivity contribution >= 4 is 33.5 Å².